The van der Waals surface area contributed by atoms with E-state index in [9.17, 15) is 4.79 Å². The monoisotopic (exact) mass is 317 g/mol. The molecular formula is C18H23NO4. The number of aliphatic hydroxyl groups excluding tert-OH is 1. The van der Waals surface area contributed by atoms with E-state index in [1.54, 1.807) is 0 Å². The standard InChI is InChI=1S/C18H23NO4/c19-18(21)16-8-15(14-2-1-3-14)9-17(23-16)22-11-13-6-4-12(10-20)5-7-13/h4-8,14-15,17,20H,1-3,9-11H2,(H2,19,21)/t15-,17+/m0/s1. The third-order valence-corrected chi connectivity index (χ3v) is 4.73. The van der Waals surface area contributed by atoms with Gasteiger partial charge in [-0.2, -0.15) is 0 Å². The summed E-state index contributed by atoms with van der Waals surface area (Å²) in [6, 6.07) is 7.57. The zero-order chi connectivity index (χ0) is 16.2. The molecule has 0 spiro atoms. The fourth-order valence-electron chi connectivity index (χ4n) is 3.08. The summed E-state index contributed by atoms with van der Waals surface area (Å²) in [5.41, 5.74) is 7.25. The molecular weight excluding hydrogens is 294 g/mol. The Morgan fingerprint density at radius 2 is 1.96 bits per heavy atom. The van der Waals surface area contributed by atoms with Gasteiger partial charge < -0.3 is 20.3 Å². The molecule has 23 heavy (non-hydrogen) atoms. The Balaban J connectivity index is 1.60. The molecule has 3 rings (SSSR count). The van der Waals surface area contributed by atoms with Crippen molar-refractivity contribution in [2.45, 2.75) is 45.2 Å². The van der Waals surface area contributed by atoms with Crippen LogP contribution in [-0.2, 0) is 27.5 Å². The summed E-state index contributed by atoms with van der Waals surface area (Å²) < 4.78 is 11.4. The molecule has 0 bridgehead atoms. The number of nitrogens with two attached hydrogens (primary N) is 1. The van der Waals surface area contributed by atoms with Gasteiger partial charge in [0, 0.05) is 6.42 Å². The van der Waals surface area contributed by atoms with Gasteiger partial charge in [-0.1, -0.05) is 30.7 Å². The second-order valence-electron chi connectivity index (χ2n) is 6.32. The lowest BCUT2D eigenvalue weighted by Crippen LogP contribution is -2.34. The third-order valence-electron chi connectivity index (χ3n) is 4.73. The average molecular weight is 317 g/mol. The molecule has 2 atom stereocenters. The van der Waals surface area contributed by atoms with E-state index in [1.165, 1.54) is 19.3 Å². The normalized spacial score (nSPS) is 24.5. The Kier molecular flexibility index (Phi) is 4.98. The number of aliphatic hydroxyl groups is 1. The Morgan fingerprint density at radius 1 is 1.26 bits per heavy atom. The molecule has 1 aromatic rings. The molecule has 1 fully saturated rings. The molecule has 1 aliphatic heterocycles. The number of hydrogen-bond acceptors (Lipinski definition) is 4. The van der Waals surface area contributed by atoms with Gasteiger partial charge in [-0.05, 0) is 41.9 Å². The minimum absolute atomic E-state index is 0.0305. The van der Waals surface area contributed by atoms with E-state index in [1.807, 2.05) is 30.3 Å². The van der Waals surface area contributed by atoms with Gasteiger partial charge in [-0.15, -0.1) is 0 Å². The number of ether oxygens (including phenoxy) is 2. The topological polar surface area (TPSA) is 81.8 Å². The van der Waals surface area contributed by atoms with Crippen molar-refractivity contribution in [3.8, 4) is 0 Å². The van der Waals surface area contributed by atoms with Crippen molar-refractivity contribution in [2.75, 3.05) is 0 Å². The predicted octanol–water partition coefficient (Wildman–Crippen LogP) is 2.23. The first kappa shape index (κ1) is 16.0. The van der Waals surface area contributed by atoms with Gasteiger partial charge in [-0.3, -0.25) is 4.79 Å². The smallest absolute Gasteiger partial charge is 0.283 e. The van der Waals surface area contributed by atoms with Crippen LogP contribution >= 0.6 is 0 Å². The van der Waals surface area contributed by atoms with Gasteiger partial charge >= 0.3 is 0 Å². The number of amides is 1. The first-order valence-electron chi connectivity index (χ1n) is 8.14. The summed E-state index contributed by atoms with van der Waals surface area (Å²) in [6.45, 7) is 0.433. The van der Waals surface area contributed by atoms with Crippen LogP contribution in [0.3, 0.4) is 0 Å². The van der Waals surface area contributed by atoms with Crippen molar-refractivity contribution in [3.05, 3.63) is 47.2 Å². The van der Waals surface area contributed by atoms with Crippen LogP contribution in [0.2, 0.25) is 0 Å². The molecule has 1 aliphatic carbocycles. The minimum Gasteiger partial charge on any atom is -0.459 e. The van der Waals surface area contributed by atoms with Crippen LogP contribution in [0.5, 0.6) is 0 Å². The van der Waals surface area contributed by atoms with Gasteiger partial charge in [0.15, 0.2) is 5.76 Å². The van der Waals surface area contributed by atoms with E-state index in [-0.39, 0.29) is 12.4 Å². The zero-order valence-corrected chi connectivity index (χ0v) is 13.1. The summed E-state index contributed by atoms with van der Waals surface area (Å²) in [7, 11) is 0. The third kappa shape index (κ3) is 3.92. The lowest BCUT2D eigenvalue weighted by Gasteiger charge is -2.37. The van der Waals surface area contributed by atoms with Gasteiger partial charge in [0.05, 0.1) is 13.2 Å². The maximum absolute atomic E-state index is 11.5. The second-order valence-corrected chi connectivity index (χ2v) is 6.32. The first-order valence-corrected chi connectivity index (χ1v) is 8.14. The van der Waals surface area contributed by atoms with Crippen LogP contribution in [0.1, 0.15) is 36.8 Å². The molecule has 1 aromatic carbocycles. The van der Waals surface area contributed by atoms with Crippen molar-refractivity contribution in [1.29, 1.82) is 0 Å². The van der Waals surface area contributed by atoms with Crippen LogP contribution < -0.4 is 5.73 Å². The summed E-state index contributed by atoms with van der Waals surface area (Å²) in [6.07, 6.45) is 5.85. The van der Waals surface area contributed by atoms with E-state index in [0.29, 0.717) is 18.4 Å². The number of hydrogen-bond donors (Lipinski definition) is 2. The van der Waals surface area contributed by atoms with Crippen molar-refractivity contribution in [3.63, 3.8) is 0 Å². The lowest BCUT2D eigenvalue weighted by molar-refractivity contribution is -0.155. The second kappa shape index (κ2) is 7.15. The highest BCUT2D eigenvalue weighted by atomic mass is 16.7. The molecule has 124 valence electrons. The van der Waals surface area contributed by atoms with Gasteiger partial charge in [0.2, 0.25) is 6.29 Å². The summed E-state index contributed by atoms with van der Waals surface area (Å²) in [5.74, 6) is 0.619. The van der Waals surface area contributed by atoms with Crippen LogP contribution in [0.4, 0.5) is 0 Å². The molecule has 3 N–H and O–H groups in total. The minimum atomic E-state index is -0.532. The molecule has 1 heterocycles. The molecule has 0 unspecified atom stereocenters. The highest BCUT2D eigenvalue weighted by Gasteiger charge is 2.34. The van der Waals surface area contributed by atoms with E-state index in [2.05, 4.69) is 0 Å². The Hall–Kier alpha value is -1.85. The van der Waals surface area contributed by atoms with E-state index < -0.39 is 12.2 Å². The van der Waals surface area contributed by atoms with Crippen LogP contribution in [-0.4, -0.2) is 17.3 Å². The Labute approximate surface area is 136 Å². The number of carbonyl (C=O) groups excluding carboxylic acids is 1. The average Bonchev–Trinajstić information content (AvgIpc) is 2.51. The number of carbonyl (C=O) groups is 1. The van der Waals surface area contributed by atoms with E-state index in [0.717, 1.165) is 17.5 Å². The van der Waals surface area contributed by atoms with Gasteiger partial charge in [0.1, 0.15) is 0 Å². The quantitative estimate of drug-likeness (QED) is 0.843. The molecule has 1 amide bonds. The van der Waals surface area contributed by atoms with Gasteiger partial charge in [0.25, 0.3) is 5.91 Å². The van der Waals surface area contributed by atoms with Crippen LogP contribution in [0.25, 0.3) is 0 Å². The van der Waals surface area contributed by atoms with Crippen molar-refractivity contribution < 1.29 is 19.4 Å². The number of benzene rings is 1. The van der Waals surface area contributed by atoms with E-state index in [4.69, 9.17) is 20.3 Å². The zero-order valence-electron chi connectivity index (χ0n) is 13.1. The Bertz CT molecular complexity index is 577. The van der Waals surface area contributed by atoms with Crippen molar-refractivity contribution in [1.82, 2.24) is 0 Å². The molecule has 1 saturated carbocycles. The maximum Gasteiger partial charge on any atom is 0.283 e. The highest BCUT2D eigenvalue weighted by molar-refractivity contribution is 5.90. The van der Waals surface area contributed by atoms with Crippen LogP contribution in [0.15, 0.2) is 36.1 Å². The van der Waals surface area contributed by atoms with Crippen LogP contribution in [0, 0.1) is 11.8 Å². The number of rotatable bonds is 6. The SMILES string of the molecule is NC(=O)C1=C[C@H](C2CCC2)C[C@H](OCc2ccc(CO)cc2)O1. The maximum atomic E-state index is 11.5. The molecule has 0 radical (unpaired) electrons. The molecule has 2 aliphatic rings. The fraction of sp³-hybridized carbons (Fsp3) is 0.500. The summed E-state index contributed by atoms with van der Waals surface area (Å²) in [5, 5.41) is 9.05. The van der Waals surface area contributed by atoms with Crippen molar-refractivity contribution in [2.24, 2.45) is 17.6 Å². The largest absolute Gasteiger partial charge is 0.459 e. The highest BCUT2D eigenvalue weighted by Crippen LogP contribution is 2.39. The molecule has 0 aromatic heterocycles. The van der Waals surface area contributed by atoms with Gasteiger partial charge in [-0.25, -0.2) is 0 Å². The van der Waals surface area contributed by atoms with Crippen molar-refractivity contribution >= 4 is 5.91 Å². The fourth-order valence-corrected chi connectivity index (χ4v) is 3.08. The summed E-state index contributed by atoms with van der Waals surface area (Å²) >= 11 is 0. The summed E-state index contributed by atoms with van der Waals surface area (Å²) in [4.78, 5) is 11.5. The Morgan fingerprint density at radius 3 is 2.52 bits per heavy atom. The number of allylic oxidation sites excluding steroid dienone is 1. The molecule has 5 heteroatoms. The molecule has 5 nitrogen and oxygen atoms in total. The number of primary amides is 1. The van der Waals surface area contributed by atoms with E-state index >= 15 is 0 Å². The lowest BCUT2D eigenvalue weighted by atomic mass is 9.73. The molecule has 0 saturated heterocycles. The first-order chi connectivity index (χ1) is 11.2. The predicted molar refractivity (Wildman–Crippen MR) is 84.8 cm³/mol.